The predicted molar refractivity (Wildman–Crippen MR) is 65.5 cm³/mol. The molecule has 1 aromatic carbocycles. The lowest BCUT2D eigenvalue weighted by Gasteiger charge is -2.13. The molecule has 6 heteroatoms. The molecule has 1 heterocycles. The molecule has 0 aliphatic heterocycles. The maximum Gasteiger partial charge on any atom is 0.573 e. The highest BCUT2D eigenvalue weighted by Gasteiger charge is 2.33. The van der Waals surface area contributed by atoms with E-state index in [4.69, 9.17) is 0 Å². The van der Waals surface area contributed by atoms with Gasteiger partial charge in [-0.2, -0.15) is 0 Å². The highest BCUT2D eigenvalue weighted by molar-refractivity contribution is 6.11. The van der Waals surface area contributed by atoms with Crippen LogP contribution in [0.2, 0.25) is 0 Å². The Balaban J connectivity index is 2.43. The normalized spacial score (nSPS) is 11.2. The Bertz CT molecular complexity index is 638. The molecule has 0 unspecified atom stereocenters. The van der Waals surface area contributed by atoms with Gasteiger partial charge < -0.3 is 4.74 Å². The summed E-state index contributed by atoms with van der Waals surface area (Å²) in [6.07, 6.45) is -1.96. The summed E-state index contributed by atoms with van der Waals surface area (Å²) < 4.78 is 40.8. The van der Waals surface area contributed by atoms with Crippen molar-refractivity contribution in [2.24, 2.45) is 0 Å². The van der Waals surface area contributed by atoms with Crippen LogP contribution < -0.4 is 4.74 Å². The van der Waals surface area contributed by atoms with Gasteiger partial charge in [-0.15, -0.1) is 13.2 Å². The summed E-state index contributed by atoms with van der Waals surface area (Å²) in [6, 6.07) is 6.72. The number of hydrogen-bond donors (Lipinski definition) is 0. The number of aromatic nitrogens is 1. The Kier molecular flexibility index (Phi) is 3.74. The first-order chi connectivity index (χ1) is 9.38. The number of halogens is 3. The fraction of sp³-hybridized carbons (Fsp3) is 0.143. The van der Waals surface area contributed by atoms with Gasteiger partial charge >= 0.3 is 6.36 Å². The van der Waals surface area contributed by atoms with E-state index in [1.54, 1.807) is 6.92 Å². The smallest absolute Gasteiger partial charge is 0.405 e. The number of hydrogen-bond acceptors (Lipinski definition) is 3. The van der Waals surface area contributed by atoms with Crippen LogP contribution in [0.25, 0.3) is 0 Å². The molecule has 2 aromatic rings. The van der Waals surface area contributed by atoms with Gasteiger partial charge in [0.2, 0.25) is 0 Å². The number of rotatable bonds is 3. The quantitative estimate of drug-likeness (QED) is 0.808. The number of aryl methyl sites for hydroxylation is 1. The average molecular weight is 281 g/mol. The molecule has 1 aromatic heterocycles. The van der Waals surface area contributed by atoms with Crippen LogP contribution in [0.1, 0.15) is 21.5 Å². The van der Waals surface area contributed by atoms with Gasteiger partial charge in [0, 0.05) is 18.0 Å². The van der Waals surface area contributed by atoms with Gasteiger partial charge in [-0.05, 0) is 30.7 Å². The SMILES string of the molecule is Cc1cnccc1C(=O)c1ccccc1OC(F)(F)F. The van der Waals surface area contributed by atoms with Crippen LogP contribution in [-0.2, 0) is 0 Å². The maximum absolute atomic E-state index is 12.3. The van der Waals surface area contributed by atoms with Gasteiger partial charge in [-0.1, -0.05) is 12.1 Å². The van der Waals surface area contributed by atoms with E-state index in [1.165, 1.54) is 36.7 Å². The minimum Gasteiger partial charge on any atom is -0.405 e. The monoisotopic (exact) mass is 281 g/mol. The molecule has 0 aliphatic rings. The molecule has 20 heavy (non-hydrogen) atoms. The standard InChI is InChI=1S/C14H10F3NO2/c1-9-8-18-7-6-10(9)13(19)11-4-2-3-5-12(11)20-14(15,16)17/h2-8H,1H3. The van der Waals surface area contributed by atoms with Gasteiger partial charge in [-0.25, -0.2) is 0 Å². The molecule has 3 nitrogen and oxygen atoms in total. The van der Waals surface area contributed by atoms with Gasteiger partial charge in [0.05, 0.1) is 5.56 Å². The predicted octanol–water partition coefficient (Wildman–Crippen LogP) is 3.52. The molecular weight excluding hydrogens is 271 g/mol. The van der Waals surface area contributed by atoms with Crippen molar-refractivity contribution in [3.8, 4) is 5.75 Å². The molecule has 0 bridgehead atoms. The third-order valence-electron chi connectivity index (χ3n) is 2.62. The largest absolute Gasteiger partial charge is 0.573 e. The summed E-state index contributed by atoms with van der Waals surface area (Å²) in [6.45, 7) is 1.66. The molecule has 0 saturated heterocycles. The number of nitrogens with zero attached hydrogens (tertiary/aromatic N) is 1. The van der Waals surface area contributed by atoms with Crippen molar-refractivity contribution < 1.29 is 22.7 Å². The zero-order chi connectivity index (χ0) is 14.8. The molecular formula is C14H10F3NO2. The number of ketones is 1. The zero-order valence-corrected chi connectivity index (χ0v) is 10.4. The van der Waals surface area contributed by atoms with Crippen molar-refractivity contribution in [1.29, 1.82) is 0 Å². The van der Waals surface area contributed by atoms with E-state index in [9.17, 15) is 18.0 Å². The number of benzene rings is 1. The van der Waals surface area contributed by atoms with Crippen LogP contribution in [0.5, 0.6) is 5.75 Å². The number of carbonyl (C=O) groups excluding carboxylic acids is 1. The Labute approximate surface area is 113 Å². The molecule has 0 saturated carbocycles. The topological polar surface area (TPSA) is 39.2 Å². The van der Waals surface area contributed by atoms with Crippen LogP contribution in [0.4, 0.5) is 13.2 Å². The first kappa shape index (κ1) is 14.0. The summed E-state index contributed by atoms with van der Waals surface area (Å²) in [5.41, 5.74) is 0.733. The fourth-order valence-electron chi connectivity index (χ4n) is 1.74. The van der Waals surface area contributed by atoms with Crippen molar-refractivity contribution in [3.05, 3.63) is 59.4 Å². The molecule has 0 N–H and O–H groups in total. The molecule has 0 fully saturated rings. The first-order valence-electron chi connectivity index (χ1n) is 5.68. The summed E-state index contributed by atoms with van der Waals surface area (Å²) >= 11 is 0. The average Bonchev–Trinajstić information content (AvgIpc) is 2.37. The molecule has 0 atom stereocenters. The maximum atomic E-state index is 12.3. The van der Waals surface area contributed by atoms with Crippen LogP contribution in [0.3, 0.4) is 0 Å². The molecule has 0 amide bonds. The minimum atomic E-state index is -4.84. The molecule has 0 aliphatic carbocycles. The molecule has 104 valence electrons. The summed E-state index contributed by atoms with van der Waals surface area (Å²) in [4.78, 5) is 16.1. The Morgan fingerprint density at radius 3 is 2.50 bits per heavy atom. The lowest BCUT2D eigenvalue weighted by atomic mass is 10.0. The Morgan fingerprint density at radius 1 is 1.15 bits per heavy atom. The summed E-state index contributed by atoms with van der Waals surface area (Å²) in [7, 11) is 0. The second kappa shape index (κ2) is 5.32. The molecule has 2 rings (SSSR count). The second-order valence-electron chi connectivity index (χ2n) is 4.06. The van der Waals surface area contributed by atoms with E-state index >= 15 is 0 Å². The van der Waals surface area contributed by atoms with E-state index in [0.717, 1.165) is 6.07 Å². The molecule has 0 spiro atoms. The van der Waals surface area contributed by atoms with Crippen molar-refractivity contribution >= 4 is 5.78 Å². The van der Waals surface area contributed by atoms with Crippen molar-refractivity contribution in [1.82, 2.24) is 4.98 Å². The van der Waals surface area contributed by atoms with Gasteiger partial charge in [0.1, 0.15) is 5.75 Å². The van der Waals surface area contributed by atoms with E-state index in [-0.39, 0.29) is 5.56 Å². The van der Waals surface area contributed by atoms with Crippen LogP contribution >= 0.6 is 0 Å². The number of carbonyl (C=O) groups is 1. The second-order valence-corrected chi connectivity index (χ2v) is 4.06. The first-order valence-corrected chi connectivity index (χ1v) is 5.68. The lowest BCUT2D eigenvalue weighted by molar-refractivity contribution is -0.274. The summed E-state index contributed by atoms with van der Waals surface area (Å²) in [5.74, 6) is -1.05. The van der Waals surface area contributed by atoms with E-state index in [2.05, 4.69) is 9.72 Å². The minimum absolute atomic E-state index is 0.140. The third kappa shape index (κ3) is 3.14. The van der Waals surface area contributed by atoms with E-state index in [1.807, 2.05) is 0 Å². The van der Waals surface area contributed by atoms with Crippen LogP contribution in [0, 0.1) is 6.92 Å². The van der Waals surface area contributed by atoms with E-state index in [0.29, 0.717) is 11.1 Å². The highest BCUT2D eigenvalue weighted by Crippen LogP contribution is 2.28. The van der Waals surface area contributed by atoms with Crippen molar-refractivity contribution in [2.45, 2.75) is 13.3 Å². The number of pyridine rings is 1. The highest BCUT2D eigenvalue weighted by atomic mass is 19.4. The zero-order valence-electron chi connectivity index (χ0n) is 10.4. The van der Waals surface area contributed by atoms with Gasteiger partial charge in [0.25, 0.3) is 0 Å². The van der Waals surface area contributed by atoms with Crippen molar-refractivity contribution in [3.63, 3.8) is 0 Å². The van der Waals surface area contributed by atoms with Gasteiger partial charge in [-0.3, -0.25) is 9.78 Å². The van der Waals surface area contributed by atoms with Crippen LogP contribution in [-0.4, -0.2) is 17.1 Å². The number of ether oxygens (including phenoxy) is 1. The third-order valence-corrected chi connectivity index (χ3v) is 2.62. The fourth-order valence-corrected chi connectivity index (χ4v) is 1.74. The number of alkyl halides is 3. The lowest BCUT2D eigenvalue weighted by Crippen LogP contribution is -2.19. The van der Waals surface area contributed by atoms with E-state index < -0.39 is 17.9 Å². The van der Waals surface area contributed by atoms with Crippen LogP contribution in [0.15, 0.2) is 42.7 Å². The summed E-state index contributed by atoms with van der Waals surface area (Å²) in [5, 5.41) is 0. The molecule has 0 radical (unpaired) electrons. The number of para-hydroxylation sites is 1. The Hall–Kier alpha value is -2.37. The van der Waals surface area contributed by atoms with Gasteiger partial charge in [0.15, 0.2) is 5.78 Å². The van der Waals surface area contributed by atoms with Crippen molar-refractivity contribution in [2.75, 3.05) is 0 Å². The Morgan fingerprint density at radius 2 is 1.85 bits per heavy atom.